The SMILES string of the molecule is C=CCn1c(=NC(=O)c2cc([N+](=O)[O-])ccc2Cl)sc2cccc(F)c21. The van der Waals surface area contributed by atoms with E-state index < -0.39 is 16.6 Å². The summed E-state index contributed by atoms with van der Waals surface area (Å²) in [4.78, 5) is 27.1. The first-order valence-electron chi connectivity index (χ1n) is 7.34. The molecule has 132 valence electrons. The van der Waals surface area contributed by atoms with Gasteiger partial charge in [0.1, 0.15) is 5.82 Å². The number of non-ortho nitro benzene ring substituents is 1. The summed E-state index contributed by atoms with van der Waals surface area (Å²) in [6.07, 6.45) is 1.56. The Morgan fingerprint density at radius 3 is 2.88 bits per heavy atom. The highest BCUT2D eigenvalue weighted by Gasteiger charge is 2.17. The molecule has 26 heavy (non-hydrogen) atoms. The number of thiazole rings is 1. The summed E-state index contributed by atoms with van der Waals surface area (Å²) >= 11 is 7.11. The first-order valence-corrected chi connectivity index (χ1v) is 8.53. The Morgan fingerprint density at radius 1 is 1.42 bits per heavy atom. The molecule has 0 aliphatic carbocycles. The molecule has 1 heterocycles. The lowest BCUT2D eigenvalue weighted by atomic mass is 10.2. The molecule has 0 aliphatic heterocycles. The molecule has 0 radical (unpaired) electrons. The molecule has 0 unspecified atom stereocenters. The lowest BCUT2D eigenvalue weighted by Gasteiger charge is -2.02. The van der Waals surface area contributed by atoms with Crippen LogP contribution in [0.25, 0.3) is 10.2 Å². The number of rotatable bonds is 4. The molecular formula is C17H11ClFN3O3S. The number of hydrogen-bond donors (Lipinski definition) is 0. The smallest absolute Gasteiger partial charge is 0.281 e. The minimum Gasteiger partial charge on any atom is -0.310 e. The van der Waals surface area contributed by atoms with Gasteiger partial charge in [-0.1, -0.05) is 35.1 Å². The fraction of sp³-hybridized carbons (Fsp3) is 0.0588. The normalized spacial score (nSPS) is 11.7. The van der Waals surface area contributed by atoms with Crippen LogP contribution in [0.15, 0.2) is 54.0 Å². The third kappa shape index (κ3) is 3.29. The van der Waals surface area contributed by atoms with Crippen LogP contribution in [-0.2, 0) is 6.54 Å². The molecule has 0 bridgehead atoms. The lowest BCUT2D eigenvalue weighted by molar-refractivity contribution is -0.384. The number of amides is 1. The van der Waals surface area contributed by atoms with Crippen LogP contribution >= 0.6 is 22.9 Å². The van der Waals surface area contributed by atoms with E-state index >= 15 is 0 Å². The van der Waals surface area contributed by atoms with Crippen molar-refractivity contribution in [3.8, 4) is 0 Å². The topological polar surface area (TPSA) is 77.5 Å². The number of nitrogens with zero attached hydrogens (tertiary/aromatic N) is 3. The highest BCUT2D eigenvalue weighted by molar-refractivity contribution is 7.16. The number of benzene rings is 2. The van der Waals surface area contributed by atoms with Crippen LogP contribution in [0.5, 0.6) is 0 Å². The van der Waals surface area contributed by atoms with Gasteiger partial charge in [0.15, 0.2) is 4.80 Å². The minimum atomic E-state index is -0.747. The van der Waals surface area contributed by atoms with Crippen LogP contribution < -0.4 is 4.80 Å². The average Bonchev–Trinajstić information content (AvgIpc) is 2.94. The average molecular weight is 392 g/mol. The second-order valence-corrected chi connectivity index (χ2v) is 6.63. The van der Waals surface area contributed by atoms with Gasteiger partial charge in [0.25, 0.3) is 11.6 Å². The van der Waals surface area contributed by atoms with Gasteiger partial charge in [-0.2, -0.15) is 4.99 Å². The summed E-state index contributed by atoms with van der Waals surface area (Å²) in [6, 6.07) is 8.14. The van der Waals surface area contributed by atoms with Crippen LogP contribution in [0.1, 0.15) is 10.4 Å². The summed E-state index contributed by atoms with van der Waals surface area (Å²) in [5.74, 6) is -1.19. The van der Waals surface area contributed by atoms with Crippen molar-refractivity contribution in [2.75, 3.05) is 0 Å². The molecule has 0 saturated heterocycles. The lowest BCUT2D eigenvalue weighted by Crippen LogP contribution is -2.17. The number of aromatic nitrogens is 1. The van der Waals surface area contributed by atoms with Crippen LogP contribution in [0.2, 0.25) is 5.02 Å². The van der Waals surface area contributed by atoms with E-state index in [0.29, 0.717) is 10.2 Å². The fourth-order valence-corrected chi connectivity index (χ4v) is 3.66. The molecule has 1 aromatic heterocycles. The molecule has 3 aromatic rings. The molecule has 0 aliphatic rings. The summed E-state index contributed by atoms with van der Waals surface area (Å²) < 4.78 is 16.3. The van der Waals surface area contributed by atoms with Gasteiger partial charge >= 0.3 is 0 Å². The van der Waals surface area contributed by atoms with Crippen molar-refractivity contribution in [2.45, 2.75) is 6.54 Å². The number of allylic oxidation sites excluding steroid dienone is 1. The van der Waals surface area contributed by atoms with Gasteiger partial charge in [-0.25, -0.2) is 4.39 Å². The molecule has 0 spiro atoms. The van der Waals surface area contributed by atoms with E-state index in [0.717, 1.165) is 17.4 Å². The Kier molecular flexibility index (Phi) is 4.97. The van der Waals surface area contributed by atoms with E-state index in [1.54, 1.807) is 18.2 Å². The Balaban J connectivity index is 2.19. The van der Waals surface area contributed by atoms with E-state index in [4.69, 9.17) is 11.6 Å². The quantitative estimate of drug-likeness (QED) is 0.377. The van der Waals surface area contributed by atoms with Crippen molar-refractivity contribution in [3.63, 3.8) is 0 Å². The highest BCUT2D eigenvalue weighted by atomic mass is 35.5. The van der Waals surface area contributed by atoms with Crippen molar-refractivity contribution >= 4 is 44.7 Å². The monoisotopic (exact) mass is 391 g/mol. The van der Waals surface area contributed by atoms with E-state index in [9.17, 15) is 19.3 Å². The van der Waals surface area contributed by atoms with Gasteiger partial charge in [-0.15, -0.1) is 6.58 Å². The predicted octanol–water partition coefficient (Wildman–Crippen LogP) is 4.33. The molecule has 1 amide bonds. The first-order chi connectivity index (χ1) is 12.4. The summed E-state index contributed by atoms with van der Waals surface area (Å²) in [6.45, 7) is 3.88. The van der Waals surface area contributed by atoms with Gasteiger partial charge in [0.2, 0.25) is 0 Å². The number of hydrogen-bond acceptors (Lipinski definition) is 4. The molecule has 6 nitrogen and oxygen atoms in total. The molecule has 2 aromatic carbocycles. The highest BCUT2D eigenvalue weighted by Crippen LogP contribution is 2.24. The number of fused-ring (bicyclic) bond motifs is 1. The maximum absolute atomic E-state index is 14.2. The van der Waals surface area contributed by atoms with E-state index in [1.165, 1.54) is 22.8 Å². The number of para-hydroxylation sites is 1. The van der Waals surface area contributed by atoms with E-state index in [1.807, 2.05) is 0 Å². The standard InChI is InChI=1S/C17H11ClFN3O3S/c1-2-8-21-15-13(19)4-3-5-14(15)26-17(21)20-16(23)11-9-10(22(24)25)6-7-12(11)18/h2-7,9H,1,8H2. The number of carbonyl (C=O) groups is 1. The molecule has 0 saturated carbocycles. The second-order valence-electron chi connectivity index (χ2n) is 5.21. The van der Waals surface area contributed by atoms with Crippen LogP contribution in [0.4, 0.5) is 10.1 Å². The predicted molar refractivity (Wildman–Crippen MR) is 98.0 cm³/mol. The zero-order valence-electron chi connectivity index (χ0n) is 13.2. The Hall–Kier alpha value is -2.84. The van der Waals surface area contributed by atoms with Gasteiger partial charge in [0.05, 0.1) is 25.7 Å². The maximum Gasteiger partial charge on any atom is 0.281 e. The van der Waals surface area contributed by atoms with Gasteiger partial charge in [0, 0.05) is 18.7 Å². The molecule has 3 rings (SSSR count). The third-order valence-corrected chi connectivity index (χ3v) is 4.93. The summed E-state index contributed by atoms with van der Waals surface area (Å²) in [5.41, 5.74) is -0.0488. The summed E-state index contributed by atoms with van der Waals surface area (Å²) in [7, 11) is 0. The van der Waals surface area contributed by atoms with Crippen LogP contribution in [0, 0.1) is 15.9 Å². The number of nitro groups is 1. The molecule has 0 N–H and O–H groups in total. The van der Waals surface area contributed by atoms with E-state index in [-0.39, 0.29) is 27.6 Å². The molecular weight excluding hydrogens is 381 g/mol. The number of nitro benzene ring substituents is 1. The first kappa shape index (κ1) is 18.0. The van der Waals surface area contributed by atoms with Crippen LogP contribution in [0.3, 0.4) is 0 Å². The Morgan fingerprint density at radius 2 is 2.19 bits per heavy atom. The van der Waals surface area contributed by atoms with Gasteiger partial charge in [-0.3, -0.25) is 14.9 Å². The number of halogens is 2. The fourth-order valence-electron chi connectivity index (χ4n) is 2.41. The van der Waals surface area contributed by atoms with Crippen molar-refractivity contribution in [1.82, 2.24) is 4.57 Å². The van der Waals surface area contributed by atoms with Crippen molar-refractivity contribution in [1.29, 1.82) is 0 Å². The maximum atomic E-state index is 14.2. The van der Waals surface area contributed by atoms with Crippen LogP contribution in [-0.4, -0.2) is 15.4 Å². The van der Waals surface area contributed by atoms with Crippen molar-refractivity contribution in [2.24, 2.45) is 4.99 Å². The summed E-state index contributed by atoms with van der Waals surface area (Å²) in [5, 5.41) is 11.0. The second kappa shape index (κ2) is 7.19. The zero-order chi connectivity index (χ0) is 18.8. The molecule has 9 heteroatoms. The third-order valence-electron chi connectivity index (χ3n) is 3.55. The van der Waals surface area contributed by atoms with Crippen molar-refractivity contribution < 1.29 is 14.1 Å². The Labute approximate surface area is 155 Å². The van der Waals surface area contributed by atoms with Gasteiger partial charge in [-0.05, 0) is 18.2 Å². The zero-order valence-corrected chi connectivity index (χ0v) is 14.8. The minimum absolute atomic E-state index is 0.0481. The molecule has 0 fully saturated rings. The Bertz CT molecular complexity index is 1120. The van der Waals surface area contributed by atoms with Crippen molar-refractivity contribution in [3.05, 3.63) is 80.4 Å². The number of carbonyl (C=O) groups excluding carboxylic acids is 1. The largest absolute Gasteiger partial charge is 0.310 e. The van der Waals surface area contributed by atoms with E-state index in [2.05, 4.69) is 11.6 Å². The van der Waals surface area contributed by atoms with Gasteiger partial charge < -0.3 is 4.57 Å². The molecule has 0 atom stereocenters.